The summed E-state index contributed by atoms with van der Waals surface area (Å²) in [4.78, 5) is 24.3. The van der Waals surface area contributed by atoms with Crippen LogP contribution in [-0.2, 0) is 16.1 Å². The summed E-state index contributed by atoms with van der Waals surface area (Å²) in [6.07, 6.45) is -0.546. The predicted octanol–water partition coefficient (Wildman–Crippen LogP) is 1.91. The molecule has 1 aromatic carbocycles. The zero-order valence-electron chi connectivity index (χ0n) is 11.6. The van der Waals surface area contributed by atoms with Crippen LogP contribution >= 0.6 is 0 Å². The third-order valence-electron chi connectivity index (χ3n) is 2.21. The van der Waals surface area contributed by atoms with Crippen molar-refractivity contribution in [2.24, 2.45) is 5.73 Å². The Balaban J connectivity index is 2.77. The van der Waals surface area contributed by atoms with E-state index in [4.69, 9.17) is 10.5 Å². The summed E-state index contributed by atoms with van der Waals surface area (Å²) in [6, 6.07) is 9.37. The largest absolute Gasteiger partial charge is 0.444 e. The molecule has 5 nitrogen and oxygen atoms in total. The van der Waals surface area contributed by atoms with Gasteiger partial charge in [-0.15, -0.1) is 0 Å². The summed E-state index contributed by atoms with van der Waals surface area (Å²) in [6.45, 7) is 5.45. The van der Waals surface area contributed by atoms with Crippen molar-refractivity contribution in [2.45, 2.75) is 32.9 Å². The van der Waals surface area contributed by atoms with Crippen LogP contribution < -0.4 is 5.73 Å². The molecule has 2 N–H and O–H groups in total. The maximum atomic E-state index is 12.0. The van der Waals surface area contributed by atoms with Gasteiger partial charge in [-0.25, -0.2) is 4.79 Å². The van der Waals surface area contributed by atoms with Crippen molar-refractivity contribution in [1.82, 2.24) is 4.90 Å². The molecule has 2 amide bonds. The van der Waals surface area contributed by atoms with Crippen LogP contribution in [0, 0.1) is 0 Å². The zero-order chi connectivity index (χ0) is 14.5. The van der Waals surface area contributed by atoms with Crippen molar-refractivity contribution in [3.8, 4) is 0 Å². The fraction of sp³-hybridized carbons (Fsp3) is 0.429. The molecule has 5 heteroatoms. The average molecular weight is 264 g/mol. The maximum Gasteiger partial charge on any atom is 0.411 e. The molecular weight excluding hydrogens is 244 g/mol. The van der Waals surface area contributed by atoms with E-state index in [0.717, 1.165) is 5.56 Å². The van der Waals surface area contributed by atoms with E-state index in [-0.39, 0.29) is 6.54 Å². The minimum Gasteiger partial charge on any atom is -0.444 e. The standard InChI is InChI=1S/C14H20N2O3/c1-14(2,3)19-13(18)16(10-12(15)17)9-11-7-5-4-6-8-11/h4-8H,9-10H2,1-3H3,(H2,15,17). The third-order valence-corrected chi connectivity index (χ3v) is 2.21. The summed E-state index contributed by atoms with van der Waals surface area (Å²) in [5, 5.41) is 0. The lowest BCUT2D eigenvalue weighted by Crippen LogP contribution is -2.41. The van der Waals surface area contributed by atoms with E-state index in [0.29, 0.717) is 6.54 Å². The molecule has 0 atom stereocenters. The van der Waals surface area contributed by atoms with Gasteiger partial charge < -0.3 is 10.5 Å². The molecule has 0 heterocycles. The Hall–Kier alpha value is -2.04. The van der Waals surface area contributed by atoms with E-state index in [1.807, 2.05) is 30.3 Å². The molecule has 0 fully saturated rings. The number of primary amides is 1. The second-order valence-electron chi connectivity index (χ2n) is 5.29. The summed E-state index contributed by atoms with van der Waals surface area (Å²) in [5.41, 5.74) is 5.46. The van der Waals surface area contributed by atoms with Gasteiger partial charge in [-0.3, -0.25) is 9.69 Å². The summed E-state index contributed by atoms with van der Waals surface area (Å²) >= 11 is 0. The van der Waals surface area contributed by atoms with Crippen LogP contribution in [0.25, 0.3) is 0 Å². The van der Waals surface area contributed by atoms with Gasteiger partial charge in [0.05, 0.1) is 0 Å². The molecule has 0 aliphatic heterocycles. The number of nitrogens with zero attached hydrogens (tertiary/aromatic N) is 1. The number of nitrogens with two attached hydrogens (primary N) is 1. The second kappa shape index (κ2) is 6.22. The van der Waals surface area contributed by atoms with Gasteiger partial charge in [0.25, 0.3) is 0 Å². The number of carbonyl (C=O) groups is 2. The van der Waals surface area contributed by atoms with Gasteiger partial charge in [0.15, 0.2) is 0 Å². The number of amides is 2. The first-order valence-electron chi connectivity index (χ1n) is 6.08. The molecule has 0 bridgehead atoms. The van der Waals surface area contributed by atoms with Gasteiger partial charge in [0, 0.05) is 6.54 Å². The van der Waals surface area contributed by atoms with Gasteiger partial charge in [-0.1, -0.05) is 30.3 Å². The number of benzene rings is 1. The smallest absolute Gasteiger partial charge is 0.411 e. The molecular formula is C14H20N2O3. The highest BCUT2D eigenvalue weighted by atomic mass is 16.6. The molecule has 0 aliphatic rings. The molecule has 0 spiro atoms. The second-order valence-corrected chi connectivity index (χ2v) is 5.29. The Bertz CT molecular complexity index is 438. The van der Waals surface area contributed by atoms with Gasteiger partial charge in [0.2, 0.25) is 5.91 Å². The molecule has 0 radical (unpaired) electrons. The monoisotopic (exact) mass is 264 g/mol. The van der Waals surface area contributed by atoms with Gasteiger partial charge in [-0.05, 0) is 26.3 Å². The maximum absolute atomic E-state index is 12.0. The van der Waals surface area contributed by atoms with E-state index in [1.54, 1.807) is 20.8 Å². The minimum atomic E-state index is -0.607. The van der Waals surface area contributed by atoms with E-state index in [9.17, 15) is 9.59 Å². The molecule has 0 unspecified atom stereocenters. The third kappa shape index (κ3) is 5.90. The van der Waals surface area contributed by atoms with E-state index >= 15 is 0 Å². The number of carbonyl (C=O) groups excluding carboxylic acids is 2. The van der Waals surface area contributed by atoms with E-state index < -0.39 is 17.6 Å². The number of rotatable bonds is 4. The molecule has 104 valence electrons. The minimum absolute atomic E-state index is 0.163. The Morgan fingerprint density at radius 3 is 2.26 bits per heavy atom. The van der Waals surface area contributed by atoms with Crippen molar-refractivity contribution in [2.75, 3.05) is 6.54 Å². The normalized spacial score (nSPS) is 10.9. The van der Waals surface area contributed by atoms with Crippen molar-refractivity contribution >= 4 is 12.0 Å². The van der Waals surface area contributed by atoms with Gasteiger partial charge >= 0.3 is 6.09 Å². The molecule has 0 saturated carbocycles. The summed E-state index contributed by atoms with van der Waals surface area (Å²) in [5.74, 6) is -0.568. The number of hydrogen-bond donors (Lipinski definition) is 1. The van der Waals surface area contributed by atoms with Crippen molar-refractivity contribution in [3.05, 3.63) is 35.9 Å². The zero-order valence-corrected chi connectivity index (χ0v) is 11.6. The van der Waals surface area contributed by atoms with Crippen molar-refractivity contribution in [3.63, 3.8) is 0 Å². The van der Waals surface area contributed by atoms with Gasteiger partial charge in [-0.2, -0.15) is 0 Å². The Morgan fingerprint density at radius 1 is 1.21 bits per heavy atom. The first-order valence-corrected chi connectivity index (χ1v) is 6.08. The molecule has 1 rings (SSSR count). The fourth-order valence-corrected chi connectivity index (χ4v) is 1.50. The van der Waals surface area contributed by atoms with Crippen LogP contribution in [0.2, 0.25) is 0 Å². The van der Waals surface area contributed by atoms with Crippen molar-refractivity contribution in [1.29, 1.82) is 0 Å². The summed E-state index contributed by atoms with van der Waals surface area (Å²) < 4.78 is 5.25. The van der Waals surface area contributed by atoms with E-state index in [2.05, 4.69) is 0 Å². The number of hydrogen-bond acceptors (Lipinski definition) is 3. The van der Waals surface area contributed by atoms with Crippen LogP contribution in [0.15, 0.2) is 30.3 Å². The van der Waals surface area contributed by atoms with Crippen LogP contribution in [0.5, 0.6) is 0 Å². The van der Waals surface area contributed by atoms with Gasteiger partial charge in [0.1, 0.15) is 12.1 Å². The predicted molar refractivity (Wildman–Crippen MR) is 72.3 cm³/mol. The highest BCUT2D eigenvalue weighted by Crippen LogP contribution is 2.12. The highest BCUT2D eigenvalue weighted by Gasteiger charge is 2.23. The first kappa shape index (κ1) is 15.0. The summed E-state index contributed by atoms with van der Waals surface area (Å²) in [7, 11) is 0. The van der Waals surface area contributed by atoms with Crippen LogP contribution in [0.3, 0.4) is 0 Å². The molecule has 0 aliphatic carbocycles. The Morgan fingerprint density at radius 2 is 1.79 bits per heavy atom. The quantitative estimate of drug-likeness (QED) is 0.902. The van der Waals surface area contributed by atoms with Crippen LogP contribution in [0.4, 0.5) is 4.79 Å². The Kier molecular flexibility index (Phi) is 4.92. The highest BCUT2D eigenvalue weighted by molar-refractivity contribution is 5.80. The van der Waals surface area contributed by atoms with Crippen molar-refractivity contribution < 1.29 is 14.3 Å². The first-order chi connectivity index (χ1) is 8.78. The van der Waals surface area contributed by atoms with Crippen LogP contribution in [-0.4, -0.2) is 29.0 Å². The molecule has 0 saturated heterocycles. The average Bonchev–Trinajstić information content (AvgIpc) is 2.26. The number of ether oxygens (including phenoxy) is 1. The van der Waals surface area contributed by atoms with Crippen LogP contribution in [0.1, 0.15) is 26.3 Å². The lowest BCUT2D eigenvalue weighted by molar-refractivity contribution is -0.119. The molecule has 1 aromatic rings. The topological polar surface area (TPSA) is 72.6 Å². The van der Waals surface area contributed by atoms with E-state index in [1.165, 1.54) is 4.90 Å². The lowest BCUT2D eigenvalue weighted by atomic mass is 10.2. The fourth-order valence-electron chi connectivity index (χ4n) is 1.50. The Labute approximate surface area is 113 Å². The molecule has 0 aromatic heterocycles. The molecule has 19 heavy (non-hydrogen) atoms. The SMILES string of the molecule is CC(C)(C)OC(=O)N(CC(N)=O)Cc1ccccc1. The lowest BCUT2D eigenvalue weighted by Gasteiger charge is -2.26.